The van der Waals surface area contributed by atoms with Crippen molar-refractivity contribution >= 4 is 77.5 Å². The van der Waals surface area contributed by atoms with Gasteiger partial charge in [-0.15, -0.1) is 0 Å². The molecule has 4 nitrogen and oxygen atoms in total. The monoisotopic (exact) mass is 864 g/mol. The van der Waals surface area contributed by atoms with E-state index in [1.54, 1.807) is 0 Å². The Bertz CT molecular complexity index is 4000. The summed E-state index contributed by atoms with van der Waals surface area (Å²) in [6.45, 7) is 0. The predicted molar refractivity (Wildman–Crippen MR) is 281 cm³/mol. The zero-order valence-electron chi connectivity index (χ0n) is 36.9. The van der Waals surface area contributed by atoms with Gasteiger partial charge in [0.2, 0.25) is 0 Å². The van der Waals surface area contributed by atoms with Crippen molar-refractivity contribution in [3.8, 4) is 22.9 Å². The molecule has 1 aliphatic carbocycles. The number of nitriles is 1. The molecule has 0 saturated heterocycles. The van der Waals surface area contributed by atoms with E-state index in [-0.39, 0.29) is 0 Å². The molecule has 1 aliphatic heterocycles. The van der Waals surface area contributed by atoms with Gasteiger partial charge in [0.15, 0.2) is 0 Å². The molecular weight excluding hydrogens is 825 g/mol. The van der Waals surface area contributed by atoms with Crippen molar-refractivity contribution in [2.45, 2.75) is 5.41 Å². The lowest BCUT2D eigenvalue weighted by molar-refractivity contribution is 0.753. The van der Waals surface area contributed by atoms with Gasteiger partial charge in [0, 0.05) is 38.9 Å². The van der Waals surface area contributed by atoms with E-state index in [0.717, 1.165) is 61.6 Å². The molecule has 4 heteroatoms. The summed E-state index contributed by atoms with van der Waals surface area (Å²) in [5.41, 5.74) is 17.4. The Kier molecular flexibility index (Phi) is 8.23. The van der Waals surface area contributed by atoms with Gasteiger partial charge in [-0.1, -0.05) is 152 Å². The van der Waals surface area contributed by atoms with E-state index in [4.69, 9.17) is 0 Å². The second-order valence-corrected chi connectivity index (χ2v) is 17.9. The maximum Gasteiger partial charge on any atom is 0.0991 e. The van der Waals surface area contributed by atoms with Crippen LogP contribution in [0.5, 0.6) is 0 Å². The number of aromatic nitrogens is 1. The highest BCUT2D eigenvalue weighted by Gasteiger charge is 2.53. The van der Waals surface area contributed by atoms with Crippen LogP contribution in [0.15, 0.2) is 243 Å². The van der Waals surface area contributed by atoms with Crippen LogP contribution in [-0.4, -0.2) is 4.57 Å². The van der Waals surface area contributed by atoms with Gasteiger partial charge in [0.25, 0.3) is 0 Å². The Labute approximate surface area is 394 Å². The summed E-state index contributed by atoms with van der Waals surface area (Å²) in [6, 6.07) is 90.6. The first-order chi connectivity index (χ1) is 33.7. The number of fused-ring (bicyclic) bond motifs is 16. The fraction of sp³-hybridized carbons (Fsp3) is 0.0156. The Balaban J connectivity index is 1.12. The van der Waals surface area contributed by atoms with E-state index in [0.29, 0.717) is 5.56 Å². The van der Waals surface area contributed by atoms with Crippen LogP contribution in [0.25, 0.3) is 60.2 Å². The SMILES string of the molecule is N#Cc1ccc(N(c2ccc3c(c2)c2ccccc2n3-c2ccccc2)c2cc3c(c4ccccc24)-c2c(ccc4ccccc24)C32c3ccccc3N(c3ccccc3)c3ccccc32)cc1. The quantitative estimate of drug-likeness (QED) is 0.173. The van der Waals surface area contributed by atoms with Gasteiger partial charge in [0.1, 0.15) is 0 Å². The van der Waals surface area contributed by atoms with E-state index >= 15 is 0 Å². The minimum absolute atomic E-state index is 0.619. The van der Waals surface area contributed by atoms with Crippen molar-refractivity contribution in [2.24, 2.45) is 0 Å². The summed E-state index contributed by atoms with van der Waals surface area (Å²) in [6.07, 6.45) is 0. The molecule has 0 fully saturated rings. The van der Waals surface area contributed by atoms with Crippen molar-refractivity contribution in [1.82, 2.24) is 4.57 Å². The molecule has 0 atom stereocenters. The highest BCUT2D eigenvalue weighted by Crippen LogP contribution is 2.66. The number of rotatable bonds is 5. The molecule has 0 bridgehead atoms. The molecule has 12 aromatic rings. The number of nitrogens with zero attached hydrogens (tertiary/aromatic N) is 4. The van der Waals surface area contributed by atoms with Crippen molar-refractivity contribution < 1.29 is 0 Å². The maximum atomic E-state index is 10.0. The van der Waals surface area contributed by atoms with E-state index in [9.17, 15) is 5.26 Å². The van der Waals surface area contributed by atoms with Crippen LogP contribution in [0.4, 0.5) is 34.1 Å². The lowest BCUT2D eigenvalue weighted by atomic mass is 9.64. The lowest BCUT2D eigenvalue weighted by Gasteiger charge is -2.45. The third-order valence-electron chi connectivity index (χ3n) is 14.5. The molecular formula is C64H40N4. The van der Waals surface area contributed by atoms with Crippen LogP contribution in [-0.2, 0) is 5.41 Å². The molecule has 11 aromatic carbocycles. The number of para-hydroxylation sites is 5. The van der Waals surface area contributed by atoms with Gasteiger partial charge < -0.3 is 14.4 Å². The standard InChI is InChI=1S/C64H40N4/c65-41-42-31-34-46(35-32-42)66(47-36-38-58-52(39-47)50-24-11-14-28-57(50)67(58)44-18-3-1-4-19-44)61-40-56-63(51-25-10-9-23-49(51)61)62-48-22-8-7-17-43(48)33-37-55(62)64(56)53-26-12-15-29-59(53)68(45-20-5-2-6-21-45)60-30-16-13-27-54(60)64/h1-40H. The topological polar surface area (TPSA) is 35.2 Å². The summed E-state index contributed by atoms with van der Waals surface area (Å²) in [7, 11) is 0. The summed E-state index contributed by atoms with van der Waals surface area (Å²) in [5.74, 6) is 0. The van der Waals surface area contributed by atoms with E-state index < -0.39 is 5.41 Å². The Hall–Kier alpha value is -9.17. The second-order valence-electron chi connectivity index (χ2n) is 17.9. The molecule has 0 N–H and O–H groups in total. The fourth-order valence-electron chi connectivity index (χ4n) is 11.9. The first-order valence-electron chi connectivity index (χ1n) is 23.2. The van der Waals surface area contributed by atoms with Crippen LogP contribution in [0.1, 0.15) is 27.8 Å². The lowest BCUT2D eigenvalue weighted by Crippen LogP contribution is -2.36. The average molecular weight is 865 g/mol. The third-order valence-corrected chi connectivity index (χ3v) is 14.5. The van der Waals surface area contributed by atoms with E-state index in [1.165, 1.54) is 54.9 Å². The normalized spacial score (nSPS) is 13.1. The van der Waals surface area contributed by atoms with Crippen LogP contribution in [0.2, 0.25) is 0 Å². The molecule has 0 radical (unpaired) electrons. The smallest absolute Gasteiger partial charge is 0.0991 e. The largest absolute Gasteiger partial charge is 0.310 e. The molecule has 0 amide bonds. The average Bonchev–Trinajstić information content (AvgIpc) is 3.90. The Morgan fingerprint density at radius 3 is 1.66 bits per heavy atom. The molecule has 316 valence electrons. The van der Waals surface area contributed by atoms with Crippen molar-refractivity contribution in [3.63, 3.8) is 0 Å². The van der Waals surface area contributed by atoms with Gasteiger partial charge >= 0.3 is 0 Å². The molecule has 2 aliphatic rings. The van der Waals surface area contributed by atoms with Crippen molar-refractivity contribution in [3.05, 3.63) is 270 Å². The number of hydrogen-bond acceptors (Lipinski definition) is 3. The summed E-state index contributed by atoms with van der Waals surface area (Å²) in [5, 5.41) is 17.2. The predicted octanol–water partition coefficient (Wildman–Crippen LogP) is 16.6. The van der Waals surface area contributed by atoms with Crippen LogP contribution >= 0.6 is 0 Å². The zero-order chi connectivity index (χ0) is 44.9. The summed E-state index contributed by atoms with van der Waals surface area (Å²) < 4.78 is 2.37. The molecule has 0 unspecified atom stereocenters. The molecule has 68 heavy (non-hydrogen) atoms. The van der Waals surface area contributed by atoms with Gasteiger partial charge in [-0.25, -0.2) is 0 Å². The number of benzene rings is 11. The van der Waals surface area contributed by atoms with Crippen LogP contribution in [0, 0.1) is 11.3 Å². The number of anilines is 6. The molecule has 14 rings (SSSR count). The summed E-state index contributed by atoms with van der Waals surface area (Å²) in [4.78, 5) is 4.87. The Morgan fingerprint density at radius 2 is 0.941 bits per heavy atom. The highest BCUT2D eigenvalue weighted by molar-refractivity contribution is 6.17. The molecule has 1 spiro atoms. The van der Waals surface area contributed by atoms with E-state index in [1.807, 2.05) is 12.1 Å². The second kappa shape index (κ2) is 14.7. The van der Waals surface area contributed by atoms with Gasteiger partial charge in [0.05, 0.1) is 45.1 Å². The molecule has 0 saturated carbocycles. The first kappa shape index (κ1) is 38.1. The van der Waals surface area contributed by atoms with Gasteiger partial charge in [-0.05, 0) is 141 Å². The zero-order valence-corrected chi connectivity index (χ0v) is 36.9. The van der Waals surface area contributed by atoms with Crippen LogP contribution < -0.4 is 9.80 Å². The van der Waals surface area contributed by atoms with E-state index in [2.05, 4.69) is 251 Å². The van der Waals surface area contributed by atoms with Gasteiger partial charge in [-0.3, -0.25) is 0 Å². The summed E-state index contributed by atoms with van der Waals surface area (Å²) >= 11 is 0. The first-order valence-corrected chi connectivity index (χ1v) is 23.2. The minimum Gasteiger partial charge on any atom is -0.310 e. The third kappa shape index (κ3) is 5.24. The van der Waals surface area contributed by atoms with Crippen LogP contribution in [0.3, 0.4) is 0 Å². The number of hydrogen-bond donors (Lipinski definition) is 0. The maximum absolute atomic E-state index is 10.0. The highest BCUT2D eigenvalue weighted by atomic mass is 15.2. The Morgan fingerprint density at radius 1 is 0.382 bits per heavy atom. The fourth-order valence-corrected chi connectivity index (χ4v) is 11.9. The minimum atomic E-state index is -0.699. The molecule has 2 heterocycles. The van der Waals surface area contributed by atoms with Gasteiger partial charge in [-0.2, -0.15) is 5.26 Å². The van der Waals surface area contributed by atoms with Crippen molar-refractivity contribution in [1.29, 1.82) is 5.26 Å². The van der Waals surface area contributed by atoms with Crippen molar-refractivity contribution in [2.75, 3.05) is 9.80 Å². The molecule has 1 aromatic heterocycles.